The van der Waals surface area contributed by atoms with Crippen molar-refractivity contribution in [2.24, 2.45) is 0 Å². The van der Waals surface area contributed by atoms with Gasteiger partial charge in [-0.1, -0.05) is 29.8 Å². The van der Waals surface area contributed by atoms with Crippen LogP contribution >= 0.6 is 31.9 Å². The zero-order chi connectivity index (χ0) is 10.9. The van der Waals surface area contributed by atoms with Gasteiger partial charge in [-0.25, -0.2) is 8.78 Å². The molecule has 0 aliphatic heterocycles. The van der Waals surface area contributed by atoms with Crippen LogP contribution in [0.2, 0.25) is 0 Å². The van der Waals surface area contributed by atoms with Gasteiger partial charge in [0.05, 0.1) is 4.47 Å². The number of benzene rings is 1. The van der Waals surface area contributed by atoms with Gasteiger partial charge in [-0.3, -0.25) is 0 Å². The lowest BCUT2D eigenvalue weighted by molar-refractivity contribution is 0.561. The molecule has 0 aliphatic carbocycles. The summed E-state index contributed by atoms with van der Waals surface area (Å²) in [5, 5.41) is 0. The molecule has 0 fully saturated rings. The third-order valence-electron chi connectivity index (χ3n) is 2.22. The molecule has 0 bridgehead atoms. The van der Waals surface area contributed by atoms with Crippen LogP contribution in [0.1, 0.15) is 25.3 Å². The molecule has 14 heavy (non-hydrogen) atoms. The highest BCUT2D eigenvalue weighted by Gasteiger charge is 2.20. The lowest BCUT2D eigenvalue weighted by Crippen LogP contribution is -2.08. The van der Waals surface area contributed by atoms with Crippen molar-refractivity contribution >= 4 is 31.9 Å². The van der Waals surface area contributed by atoms with Crippen LogP contribution in [0.25, 0.3) is 0 Å². The quantitative estimate of drug-likeness (QED) is 0.549. The van der Waals surface area contributed by atoms with Gasteiger partial charge >= 0.3 is 0 Å². The largest absolute Gasteiger partial charge is 0.207 e. The average molecular weight is 328 g/mol. The molecular weight excluding hydrogens is 318 g/mol. The summed E-state index contributed by atoms with van der Waals surface area (Å²) in [5.74, 6) is -0.890. The maximum Gasteiger partial charge on any atom is 0.137 e. The van der Waals surface area contributed by atoms with Crippen LogP contribution in [-0.4, -0.2) is 4.83 Å². The Morgan fingerprint density at radius 3 is 2.14 bits per heavy atom. The first-order valence-electron chi connectivity index (χ1n) is 4.22. The summed E-state index contributed by atoms with van der Waals surface area (Å²) in [5.41, 5.74) is 0.384. The van der Waals surface area contributed by atoms with Gasteiger partial charge in [-0.15, -0.1) is 0 Å². The van der Waals surface area contributed by atoms with Crippen molar-refractivity contribution in [2.45, 2.75) is 24.6 Å². The fraction of sp³-hybridized carbons (Fsp3) is 0.400. The summed E-state index contributed by atoms with van der Waals surface area (Å²) in [4.78, 5) is 0.0927. The van der Waals surface area contributed by atoms with Crippen molar-refractivity contribution in [1.29, 1.82) is 0 Å². The minimum atomic E-state index is -0.429. The molecule has 0 saturated heterocycles. The summed E-state index contributed by atoms with van der Waals surface area (Å²) < 4.78 is 26.8. The number of rotatable bonds is 2. The molecule has 0 aliphatic rings. The van der Waals surface area contributed by atoms with Crippen molar-refractivity contribution in [3.05, 3.63) is 33.8 Å². The fourth-order valence-corrected chi connectivity index (χ4v) is 2.14. The summed E-state index contributed by atoms with van der Waals surface area (Å²) in [7, 11) is 0. The van der Waals surface area contributed by atoms with Gasteiger partial charge in [0, 0.05) is 10.4 Å². The average Bonchev–Trinajstić information content (AvgIpc) is 2.12. The zero-order valence-corrected chi connectivity index (χ0v) is 11.0. The predicted octanol–water partition coefficient (Wildman–Crippen LogP) is 4.61. The van der Waals surface area contributed by atoms with E-state index >= 15 is 0 Å². The van der Waals surface area contributed by atoms with E-state index in [4.69, 9.17) is 0 Å². The highest BCUT2D eigenvalue weighted by molar-refractivity contribution is 9.10. The highest BCUT2D eigenvalue weighted by Crippen LogP contribution is 2.33. The number of hydrogen-bond donors (Lipinski definition) is 0. The molecular formula is C10H10Br2F2. The predicted molar refractivity (Wildman–Crippen MR) is 60.9 cm³/mol. The summed E-state index contributed by atoms with van der Waals surface area (Å²) in [6.45, 7) is 3.75. The molecule has 0 amide bonds. The van der Waals surface area contributed by atoms with Gasteiger partial charge in [0.25, 0.3) is 0 Å². The monoisotopic (exact) mass is 326 g/mol. The molecule has 0 spiro atoms. The van der Waals surface area contributed by atoms with E-state index < -0.39 is 5.82 Å². The van der Waals surface area contributed by atoms with Crippen molar-refractivity contribution in [3.63, 3.8) is 0 Å². The van der Waals surface area contributed by atoms with Crippen molar-refractivity contribution in [1.82, 2.24) is 0 Å². The van der Waals surface area contributed by atoms with Gasteiger partial charge in [0.1, 0.15) is 11.6 Å². The topological polar surface area (TPSA) is 0 Å². The molecule has 4 heteroatoms. The second-order valence-electron chi connectivity index (χ2n) is 3.22. The lowest BCUT2D eigenvalue weighted by Gasteiger charge is -2.17. The van der Waals surface area contributed by atoms with Gasteiger partial charge < -0.3 is 0 Å². The molecule has 0 heterocycles. The van der Waals surface area contributed by atoms with Crippen LogP contribution in [0.15, 0.2) is 16.6 Å². The molecule has 1 aromatic rings. The maximum absolute atomic E-state index is 13.4. The van der Waals surface area contributed by atoms with Crippen LogP contribution in [0.3, 0.4) is 0 Å². The van der Waals surface area contributed by atoms with E-state index in [2.05, 4.69) is 31.9 Å². The van der Waals surface area contributed by atoms with Crippen LogP contribution in [0.5, 0.6) is 0 Å². The molecule has 0 N–H and O–H groups in total. The Morgan fingerprint density at radius 1 is 1.14 bits per heavy atom. The van der Waals surface area contributed by atoms with E-state index in [1.807, 2.05) is 13.8 Å². The normalized spacial score (nSPS) is 15.3. The van der Waals surface area contributed by atoms with Crippen LogP contribution in [0.4, 0.5) is 8.78 Å². The van der Waals surface area contributed by atoms with Gasteiger partial charge in [0.15, 0.2) is 0 Å². The molecule has 0 radical (unpaired) electrons. The Bertz CT molecular complexity index is 337. The molecule has 0 aromatic heterocycles. The van der Waals surface area contributed by atoms with Crippen molar-refractivity contribution in [3.8, 4) is 0 Å². The first kappa shape index (κ1) is 12.1. The molecule has 0 nitrogen and oxygen atoms in total. The molecule has 1 rings (SSSR count). The van der Waals surface area contributed by atoms with Gasteiger partial charge in [0.2, 0.25) is 0 Å². The lowest BCUT2D eigenvalue weighted by atomic mass is 9.98. The zero-order valence-electron chi connectivity index (χ0n) is 7.82. The molecule has 2 atom stereocenters. The Labute approximate surface area is 99.0 Å². The standard InChI is InChI=1S/C10H10Br2F2/c1-5(6(2)11)9-7(13)3-4-8(14)10(9)12/h3-6H,1-2H3. The van der Waals surface area contributed by atoms with Crippen molar-refractivity contribution in [2.75, 3.05) is 0 Å². The van der Waals surface area contributed by atoms with Gasteiger partial charge in [-0.05, 0) is 34.0 Å². The van der Waals surface area contributed by atoms with E-state index in [1.165, 1.54) is 0 Å². The fourth-order valence-electron chi connectivity index (χ4n) is 1.19. The van der Waals surface area contributed by atoms with E-state index in [1.54, 1.807) is 0 Å². The first-order chi connectivity index (χ1) is 6.45. The second kappa shape index (κ2) is 4.71. The SMILES string of the molecule is CC(Br)C(C)c1c(F)ccc(F)c1Br. The highest BCUT2D eigenvalue weighted by atomic mass is 79.9. The number of alkyl halides is 1. The minimum Gasteiger partial charge on any atom is -0.207 e. The number of halogens is 4. The van der Waals surface area contributed by atoms with Crippen LogP contribution in [-0.2, 0) is 0 Å². The Balaban J connectivity index is 3.25. The van der Waals surface area contributed by atoms with Crippen LogP contribution in [0, 0.1) is 11.6 Å². The molecule has 1 aromatic carbocycles. The van der Waals surface area contributed by atoms with Gasteiger partial charge in [-0.2, -0.15) is 0 Å². The van der Waals surface area contributed by atoms with E-state index in [0.717, 1.165) is 12.1 Å². The Hall–Kier alpha value is 0.0400. The number of hydrogen-bond acceptors (Lipinski definition) is 0. The minimum absolute atomic E-state index is 0.0833. The van der Waals surface area contributed by atoms with E-state index in [9.17, 15) is 8.78 Å². The van der Waals surface area contributed by atoms with Crippen molar-refractivity contribution < 1.29 is 8.78 Å². The third-order valence-corrected chi connectivity index (χ3v) is 3.82. The summed E-state index contributed by atoms with van der Waals surface area (Å²) in [6, 6.07) is 2.27. The first-order valence-corrected chi connectivity index (χ1v) is 5.93. The summed E-state index contributed by atoms with van der Waals surface area (Å²) in [6.07, 6.45) is 0. The van der Waals surface area contributed by atoms with E-state index in [0.29, 0.717) is 5.56 Å². The summed E-state index contributed by atoms with van der Waals surface area (Å²) >= 11 is 6.42. The molecule has 2 unspecified atom stereocenters. The smallest absolute Gasteiger partial charge is 0.137 e. The second-order valence-corrected chi connectivity index (χ2v) is 5.46. The third kappa shape index (κ3) is 2.34. The maximum atomic E-state index is 13.4. The van der Waals surface area contributed by atoms with E-state index in [-0.39, 0.29) is 21.0 Å². The Kier molecular flexibility index (Phi) is 4.07. The van der Waals surface area contributed by atoms with Crippen LogP contribution < -0.4 is 0 Å². The Morgan fingerprint density at radius 2 is 1.64 bits per heavy atom. The molecule has 78 valence electrons. The molecule has 0 saturated carbocycles.